The molecule has 0 bridgehead atoms. The van der Waals surface area contributed by atoms with E-state index in [0.717, 1.165) is 23.5 Å². The Morgan fingerprint density at radius 2 is 1.85 bits per heavy atom. The summed E-state index contributed by atoms with van der Waals surface area (Å²) in [5.41, 5.74) is 0.699. The number of nitrogens with one attached hydrogen (secondary N) is 1. The Balaban J connectivity index is 1.80. The molecule has 0 fully saturated rings. The highest BCUT2D eigenvalue weighted by atomic mass is 32.2. The molecule has 136 valence electrons. The van der Waals surface area contributed by atoms with E-state index in [9.17, 15) is 17.2 Å². The molecule has 2 aromatic carbocycles. The fourth-order valence-corrected chi connectivity index (χ4v) is 4.14. The molecule has 0 atom stereocenters. The number of aromatic nitrogens is 1. The molecule has 5 nitrogen and oxygen atoms in total. The minimum Gasteiger partial charge on any atom is -0.494 e. The van der Waals surface area contributed by atoms with Crippen LogP contribution in [0.1, 0.15) is 6.92 Å². The van der Waals surface area contributed by atoms with Gasteiger partial charge in [-0.05, 0) is 49.4 Å². The van der Waals surface area contributed by atoms with Crippen LogP contribution in [0.3, 0.4) is 0 Å². The van der Waals surface area contributed by atoms with Crippen LogP contribution in [0.25, 0.3) is 11.3 Å². The van der Waals surface area contributed by atoms with Crippen LogP contribution >= 0.6 is 11.3 Å². The van der Waals surface area contributed by atoms with Crippen LogP contribution in [0.15, 0.2) is 52.7 Å². The Labute approximate surface area is 153 Å². The molecule has 0 spiro atoms. The van der Waals surface area contributed by atoms with Gasteiger partial charge in [0.1, 0.15) is 5.75 Å². The highest BCUT2D eigenvalue weighted by molar-refractivity contribution is 7.93. The number of rotatable bonds is 6. The number of benzene rings is 2. The molecule has 1 heterocycles. The highest BCUT2D eigenvalue weighted by Crippen LogP contribution is 2.28. The van der Waals surface area contributed by atoms with Crippen molar-refractivity contribution in [1.29, 1.82) is 0 Å². The third-order valence-electron chi connectivity index (χ3n) is 3.39. The van der Waals surface area contributed by atoms with Crippen molar-refractivity contribution in [3.05, 3.63) is 59.5 Å². The number of thiazole rings is 1. The first-order chi connectivity index (χ1) is 12.4. The van der Waals surface area contributed by atoms with Crippen molar-refractivity contribution in [3.8, 4) is 17.0 Å². The van der Waals surface area contributed by atoms with Crippen molar-refractivity contribution >= 4 is 26.5 Å². The summed E-state index contributed by atoms with van der Waals surface area (Å²) in [6.07, 6.45) is 0. The van der Waals surface area contributed by atoms with Gasteiger partial charge in [-0.15, -0.1) is 11.3 Å². The quantitative estimate of drug-likeness (QED) is 0.675. The van der Waals surface area contributed by atoms with E-state index in [2.05, 4.69) is 9.71 Å². The molecule has 0 aliphatic rings. The van der Waals surface area contributed by atoms with E-state index >= 15 is 0 Å². The second kappa shape index (κ2) is 7.38. The Morgan fingerprint density at radius 3 is 2.50 bits per heavy atom. The smallest absolute Gasteiger partial charge is 0.263 e. The van der Waals surface area contributed by atoms with Gasteiger partial charge >= 0.3 is 0 Å². The van der Waals surface area contributed by atoms with Gasteiger partial charge in [-0.25, -0.2) is 22.2 Å². The Kier molecular flexibility index (Phi) is 5.19. The fourth-order valence-electron chi connectivity index (χ4n) is 2.16. The van der Waals surface area contributed by atoms with E-state index in [1.165, 1.54) is 18.2 Å². The minimum absolute atomic E-state index is 0.0607. The highest BCUT2D eigenvalue weighted by Gasteiger charge is 2.17. The van der Waals surface area contributed by atoms with Crippen LogP contribution in [0.2, 0.25) is 0 Å². The summed E-state index contributed by atoms with van der Waals surface area (Å²) in [6.45, 7) is 2.31. The number of nitrogens with zero attached hydrogens (tertiary/aromatic N) is 1. The maximum absolute atomic E-state index is 13.3. The van der Waals surface area contributed by atoms with Gasteiger partial charge < -0.3 is 4.74 Å². The van der Waals surface area contributed by atoms with Crippen molar-refractivity contribution < 1.29 is 21.9 Å². The van der Waals surface area contributed by atoms with Gasteiger partial charge in [0.25, 0.3) is 10.0 Å². The molecule has 1 aromatic heterocycles. The predicted octanol–water partition coefficient (Wildman–Crippen LogP) is 4.29. The maximum atomic E-state index is 13.3. The lowest BCUT2D eigenvalue weighted by Gasteiger charge is -2.07. The van der Waals surface area contributed by atoms with E-state index in [1.807, 2.05) is 6.92 Å². The topological polar surface area (TPSA) is 68.3 Å². The summed E-state index contributed by atoms with van der Waals surface area (Å²) in [4.78, 5) is 4.18. The minimum atomic E-state index is -3.82. The standard InChI is InChI=1S/C17H14F2N2O3S2/c1-2-24-12-4-6-13(7-5-12)26(22,23)21-17-20-16(10-25-17)11-3-8-14(18)15(19)9-11/h3-10H,2H2,1H3,(H,20,21). The van der Waals surface area contributed by atoms with Crippen LogP contribution < -0.4 is 9.46 Å². The van der Waals surface area contributed by atoms with E-state index in [4.69, 9.17) is 4.74 Å². The molecular weight excluding hydrogens is 382 g/mol. The van der Waals surface area contributed by atoms with Gasteiger partial charge in [-0.1, -0.05) is 0 Å². The summed E-state index contributed by atoms with van der Waals surface area (Å²) in [5, 5.41) is 1.68. The van der Waals surface area contributed by atoms with Gasteiger partial charge in [-0.3, -0.25) is 4.72 Å². The average Bonchev–Trinajstić information content (AvgIpc) is 3.06. The number of hydrogen-bond acceptors (Lipinski definition) is 5. The second-order valence-electron chi connectivity index (χ2n) is 5.18. The van der Waals surface area contributed by atoms with Crippen molar-refractivity contribution in [2.45, 2.75) is 11.8 Å². The third-order valence-corrected chi connectivity index (χ3v) is 5.63. The van der Waals surface area contributed by atoms with Crippen LogP contribution in [0, 0.1) is 11.6 Å². The average molecular weight is 396 g/mol. The van der Waals surface area contributed by atoms with E-state index in [0.29, 0.717) is 23.6 Å². The number of hydrogen-bond donors (Lipinski definition) is 1. The normalized spacial score (nSPS) is 11.3. The molecule has 0 radical (unpaired) electrons. The summed E-state index contributed by atoms with van der Waals surface area (Å²) >= 11 is 1.04. The molecule has 0 aliphatic heterocycles. The SMILES string of the molecule is CCOc1ccc(S(=O)(=O)Nc2nc(-c3ccc(F)c(F)c3)cs2)cc1. The lowest BCUT2D eigenvalue weighted by Crippen LogP contribution is -2.12. The largest absolute Gasteiger partial charge is 0.494 e. The van der Waals surface area contributed by atoms with Crippen molar-refractivity contribution in [2.24, 2.45) is 0 Å². The zero-order valence-corrected chi connectivity index (χ0v) is 15.2. The van der Waals surface area contributed by atoms with Gasteiger partial charge in [-0.2, -0.15) is 0 Å². The molecule has 1 N–H and O–H groups in total. The first kappa shape index (κ1) is 18.3. The monoisotopic (exact) mass is 396 g/mol. The van der Waals surface area contributed by atoms with Crippen LogP contribution in [-0.2, 0) is 10.0 Å². The zero-order valence-electron chi connectivity index (χ0n) is 13.6. The molecule has 0 amide bonds. The number of sulfonamides is 1. The molecule has 3 aromatic rings. The van der Waals surface area contributed by atoms with Crippen molar-refractivity contribution in [1.82, 2.24) is 4.98 Å². The number of anilines is 1. The van der Waals surface area contributed by atoms with E-state index < -0.39 is 21.7 Å². The molecule has 0 saturated heterocycles. The molecule has 0 saturated carbocycles. The van der Waals surface area contributed by atoms with Gasteiger partial charge in [0.05, 0.1) is 17.2 Å². The number of ether oxygens (including phenoxy) is 1. The first-order valence-electron chi connectivity index (χ1n) is 7.55. The van der Waals surface area contributed by atoms with Crippen molar-refractivity contribution in [2.75, 3.05) is 11.3 Å². The van der Waals surface area contributed by atoms with Gasteiger partial charge in [0.2, 0.25) is 0 Å². The summed E-state index contributed by atoms with van der Waals surface area (Å²) in [7, 11) is -3.82. The molecule has 0 aliphatic carbocycles. The molecule has 9 heteroatoms. The lowest BCUT2D eigenvalue weighted by molar-refractivity contribution is 0.340. The van der Waals surface area contributed by atoms with E-state index in [-0.39, 0.29) is 10.0 Å². The first-order valence-corrected chi connectivity index (χ1v) is 9.92. The molecule has 26 heavy (non-hydrogen) atoms. The maximum Gasteiger partial charge on any atom is 0.263 e. The second-order valence-corrected chi connectivity index (χ2v) is 7.72. The Morgan fingerprint density at radius 1 is 1.12 bits per heavy atom. The lowest BCUT2D eigenvalue weighted by atomic mass is 10.2. The fraction of sp³-hybridized carbons (Fsp3) is 0.118. The van der Waals surface area contributed by atoms with Crippen LogP contribution in [-0.4, -0.2) is 20.0 Å². The van der Waals surface area contributed by atoms with Crippen LogP contribution in [0.4, 0.5) is 13.9 Å². The summed E-state index contributed by atoms with van der Waals surface area (Å²) in [5.74, 6) is -1.38. The Hall–Kier alpha value is -2.52. The Bertz CT molecular complexity index is 1020. The molecule has 0 unspecified atom stereocenters. The predicted molar refractivity (Wildman–Crippen MR) is 95.9 cm³/mol. The third kappa shape index (κ3) is 4.00. The molecule has 3 rings (SSSR count). The van der Waals surface area contributed by atoms with Gasteiger partial charge in [0, 0.05) is 10.9 Å². The molecular formula is C17H14F2N2O3S2. The van der Waals surface area contributed by atoms with Crippen molar-refractivity contribution in [3.63, 3.8) is 0 Å². The van der Waals surface area contributed by atoms with Gasteiger partial charge in [0.15, 0.2) is 16.8 Å². The summed E-state index contributed by atoms with van der Waals surface area (Å²) in [6, 6.07) is 9.36. The van der Waals surface area contributed by atoms with E-state index in [1.54, 1.807) is 17.5 Å². The number of halogens is 2. The zero-order chi connectivity index (χ0) is 18.7. The van der Waals surface area contributed by atoms with Crippen LogP contribution in [0.5, 0.6) is 5.75 Å². The summed E-state index contributed by atoms with van der Waals surface area (Å²) < 4.78 is 58.8.